The second kappa shape index (κ2) is 19.9. The predicted molar refractivity (Wildman–Crippen MR) is 165 cm³/mol. The molecule has 2 heterocycles. The van der Waals surface area contributed by atoms with Gasteiger partial charge in [0.05, 0.1) is 0 Å². The number of rotatable bonds is 21. The molecule has 0 fully saturated rings. The summed E-state index contributed by atoms with van der Waals surface area (Å²) in [5.41, 5.74) is 2.99. The molecule has 0 aliphatic heterocycles. The number of hydrogen-bond acceptors (Lipinski definition) is 0. The Morgan fingerprint density at radius 3 is 1.11 bits per heavy atom. The Labute approximate surface area is 245 Å². The predicted octanol–water partition coefficient (Wildman–Crippen LogP) is 10.3. The maximum atomic E-state index is 6.66. The minimum absolute atomic E-state index is 0.0714. The van der Waals surface area contributed by atoms with E-state index in [1.807, 2.05) is 0 Å². The normalized spacial score (nSPS) is 13.4. The molecule has 0 aliphatic rings. The Morgan fingerprint density at radius 2 is 0.789 bits per heavy atom. The maximum Gasteiger partial charge on any atom is 0.232 e. The van der Waals surface area contributed by atoms with E-state index in [-0.39, 0.29) is 11.0 Å². The first-order chi connectivity index (χ1) is 18.3. The summed E-state index contributed by atoms with van der Waals surface area (Å²) in [6.45, 7) is 9.18. The van der Waals surface area contributed by atoms with Gasteiger partial charge in [0.15, 0.2) is 24.8 Å². The van der Waals surface area contributed by atoms with Crippen LogP contribution < -0.4 is 9.13 Å². The Balaban J connectivity index is 1.46. The minimum atomic E-state index is 0.0714. The monoisotopic (exact) mass is 562 g/mol. The molecule has 0 amide bonds. The van der Waals surface area contributed by atoms with Crippen LogP contribution in [0, 0.1) is 11.8 Å². The third-order valence-corrected chi connectivity index (χ3v) is 8.51. The van der Waals surface area contributed by atoms with E-state index in [2.05, 4.69) is 85.9 Å². The van der Waals surface area contributed by atoms with E-state index in [1.54, 1.807) is 0 Å². The van der Waals surface area contributed by atoms with E-state index in [4.69, 9.17) is 23.2 Å². The minimum Gasteiger partial charge on any atom is -0.188 e. The van der Waals surface area contributed by atoms with Crippen LogP contribution in [0.5, 0.6) is 0 Å². The van der Waals surface area contributed by atoms with Crippen LogP contribution in [0.1, 0.15) is 140 Å². The van der Waals surface area contributed by atoms with Crippen LogP contribution in [0.4, 0.5) is 0 Å². The molecular weight excluding hydrogens is 507 g/mol. The summed E-state index contributed by atoms with van der Waals surface area (Å²) in [4.78, 5) is 0. The molecule has 0 radical (unpaired) electrons. The fourth-order valence-corrected chi connectivity index (χ4v) is 5.63. The quantitative estimate of drug-likeness (QED) is 0.0811. The first-order valence-electron chi connectivity index (χ1n) is 15.6. The van der Waals surface area contributed by atoms with Crippen molar-refractivity contribution >= 4 is 23.2 Å². The van der Waals surface area contributed by atoms with Gasteiger partial charge in [-0.25, -0.2) is 0 Å². The van der Waals surface area contributed by atoms with Gasteiger partial charge in [-0.2, -0.15) is 9.13 Å². The fourth-order valence-electron chi connectivity index (χ4n) is 5.06. The van der Waals surface area contributed by atoms with Crippen molar-refractivity contribution in [1.29, 1.82) is 0 Å². The Bertz CT molecular complexity index is 761. The summed E-state index contributed by atoms with van der Waals surface area (Å²) in [6.07, 6.45) is 28.5. The Morgan fingerprint density at radius 1 is 0.474 bits per heavy atom. The van der Waals surface area contributed by atoms with Crippen molar-refractivity contribution in [3.05, 3.63) is 60.2 Å². The summed E-state index contributed by atoms with van der Waals surface area (Å²) in [5, 5.41) is 0. The molecule has 0 aromatic carbocycles. The molecule has 0 aliphatic carbocycles. The molecular formula is C34H56Cl2N2+2. The zero-order chi connectivity index (χ0) is 27.6. The molecule has 0 saturated heterocycles. The highest BCUT2D eigenvalue weighted by Crippen LogP contribution is 2.19. The summed E-state index contributed by atoms with van der Waals surface area (Å²) < 4.78 is 4.33. The molecule has 214 valence electrons. The lowest BCUT2D eigenvalue weighted by atomic mass is 10.0. The summed E-state index contributed by atoms with van der Waals surface area (Å²) >= 11 is 13.3. The highest BCUT2D eigenvalue weighted by atomic mass is 35.5. The second-order valence-electron chi connectivity index (χ2n) is 12.2. The zero-order valence-corrected chi connectivity index (χ0v) is 26.4. The van der Waals surface area contributed by atoms with Gasteiger partial charge >= 0.3 is 0 Å². The molecule has 2 rings (SSSR count). The molecule has 2 aromatic rings. The maximum absolute atomic E-state index is 6.66. The molecule has 4 heteroatoms. The van der Waals surface area contributed by atoms with Crippen molar-refractivity contribution in [2.75, 3.05) is 0 Å². The van der Waals surface area contributed by atoms with Crippen LogP contribution in [0.3, 0.4) is 0 Å². The van der Waals surface area contributed by atoms with Gasteiger partial charge in [-0.3, -0.25) is 0 Å². The molecule has 2 atom stereocenters. The number of alkyl halides is 2. The summed E-state index contributed by atoms with van der Waals surface area (Å²) in [6, 6.07) is 8.97. The third kappa shape index (κ3) is 14.9. The van der Waals surface area contributed by atoms with Gasteiger partial charge in [-0.1, -0.05) is 79.1 Å². The number of pyridine rings is 2. The smallest absolute Gasteiger partial charge is 0.188 e. The molecule has 2 nitrogen and oxygen atoms in total. The Kier molecular flexibility index (Phi) is 17.3. The standard InChI is InChI=1S/C34H56Cl2N2/c1-29(2)15-13-17-31-21-25-37(26-22-31)33(35)19-11-9-7-5-6-8-10-12-20-34(36)38-27-23-32(24-28-38)18-14-16-30(3)4/h21-30,33-34H,5-20H2,1-4H3/q+2. The van der Waals surface area contributed by atoms with Crippen LogP contribution in [0.25, 0.3) is 0 Å². The van der Waals surface area contributed by atoms with Crippen molar-refractivity contribution in [3.8, 4) is 0 Å². The molecule has 0 bridgehead atoms. The van der Waals surface area contributed by atoms with Crippen molar-refractivity contribution < 1.29 is 9.13 Å². The third-order valence-electron chi connectivity index (χ3n) is 7.62. The van der Waals surface area contributed by atoms with E-state index < -0.39 is 0 Å². The van der Waals surface area contributed by atoms with Gasteiger partial charge < -0.3 is 0 Å². The summed E-state index contributed by atoms with van der Waals surface area (Å²) in [5.74, 6) is 1.58. The van der Waals surface area contributed by atoms with Gasteiger partial charge in [0.1, 0.15) is 0 Å². The lowest BCUT2D eigenvalue weighted by Crippen LogP contribution is -2.35. The number of unbranched alkanes of at least 4 members (excludes halogenated alkanes) is 7. The van der Waals surface area contributed by atoms with Crippen LogP contribution >= 0.6 is 23.2 Å². The van der Waals surface area contributed by atoms with Crippen LogP contribution in [-0.4, -0.2) is 0 Å². The fraction of sp³-hybridized carbons (Fsp3) is 0.706. The van der Waals surface area contributed by atoms with Crippen LogP contribution in [0.15, 0.2) is 49.1 Å². The van der Waals surface area contributed by atoms with E-state index in [9.17, 15) is 0 Å². The number of hydrogen-bond donors (Lipinski definition) is 0. The van der Waals surface area contributed by atoms with Crippen LogP contribution in [0.2, 0.25) is 0 Å². The second-order valence-corrected chi connectivity index (χ2v) is 13.2. The van der Waals surface area contributed by atoms with Gasteiger partial charge in [0.2, 0.25) is 11.0 Å². The largest absolute Gasteiger partial charge is 0.232 e. The number of aromatic nitrogens is 2. The first kappa shape index (κ1) is 33.1. The number of halogens is 2. The van der Waals surface area contributed by atoms with Gasteiger partial charge in [0, 0.05) is 37.1 Å². The molecule has 0 saturated carbocycles. The van der Waals surface area contributed by atoms with Gasteiger partial charge in [-0.15, -0.1) is 0 Å². The number of nitrogens with zero attached hydrogens (tertiary/aromatic N) is 2. The first-order valence-corrected chi connectivity index (χ1v) is 16.5. The van der Waals surface area contributed by atoms with Crippen molar-refractivity contribution in [1.82, 2.24) is 0 Å². The van der Waals surface area contributed by atoms with E-state index >= 15 is 0 Å². The lowest BCUT2D eigenvalue weighted by molar-refractivity contribution is -0.703. The topological polar surface area (TPSA) is 7.76 Å². The SMILES string of the molecule is CC(C)CCCc1cc[n+](C(Cl)CCCCCCCCCCC(Cl)[n+]2ccc(CCCC(C)C)cc2)cc1. The number of aryl methyl sites for hydroxylation is 2. The molecule has 0 spiro atoms. The highest BCUT2D eigenvalue weighted by Gasteiger charge is 2.15. The van der Waals surface area contributed by atoms with Crippen molar-refractivity contribution in [2.24, 2.45) is 11.8 Å². The molecule has 38 heavy (non-hydrogen) atoms. The average molecular weight is 564 g/mol. The molecule has 2 unspecified atom stereocenters. The lowest BCUT2D eigenvalue weighted by Gasteiger charge is -2.08. The zero-order valence-electron chi connectivity index (χ0n) is 24.9. The van der Waals surface area contributed by atoms with Crippen molar-refractivity contribution in [2.45, 2.75) is 141 Å². The van der Waals surface area contributed by atoms with E-state index in [0.717, 1.165) is 24.7 Å². The summed E-state index contributed by atoms with van der Waals surface area (Å²) in [7, 11) is 0. The van der Waals surface area contributed by atoms with Gasteiger partial charge in [0.25, 0.3) is 0 Å². The van der Waals surface area contributed by atoms with Crippen molar-refractivity contribution in [3.63, 3.8) is 0 Å². The van der Waals surface area contributed by atoms with E-state index in [1.165, 1.54) is 101 Å². The van der Waals surface area contributed by atoms with E-state index in [0.29, 0.717) is 0 Å². The highest BCUT2D eigenvalue weighted by molar-refractivity contribution is 6.18. The average Bonchev–Trinajstić information content (AvgIpc) is 2.90. The van der Waals surface area contributed by atoms with Gasteiger partial charge in [-0.05, 0) is 84.7 Å². The molecule has 0 N–H and O–H groups in total. The van der Waals surface area contributed by atoms with Crippen LogP contribution in [-0.2, 0) is 12.8 Å². The molecule has 2 aromatic heterocycles. The Hall–Kier alpha value is -1.12.